The van der Waals surface area contributed by atoms with Crippen LogP contribution in [0.3, 0.4) is 0 Å². The number of hydrogen-bond donors (Lipinski definition) is 1. The molecular formula is C19H24N2O2. The molecule has 2 rings (SSSR count). The molecule has 0 aliphatic heterocycles. The summed E-state index contributed by atoms with van der Waals surface area (Å²) < 4.78 is 5.26. The van der Waals surface area contributed by atoms with Crippen molar-refractivity contribution < 1.29 is 9.53 Å². The molecule has 0 saturated carbocycles. The fraction of sp³-hybridized carbons (Fsp3) is 0.316. The second-order valence-electron chi connectivity index (χ2n) is 5.55. The predicted octanol–water partition coefficient (Wildman–Crippen LogP) is 3.26. The molecule has 0 fully saturated rings. The molecule has 0 aromatic heterocycles. The third-order valence-electron chi connectivity index (χ3n) is 3.82. The van der Waals surface area contributed by atoms with E-state index in [1.54, 1.807) is 13.2 Å². The van der Waals surface area contributed by atoms with Crippen molar-refractivity contribution >= 4 is 11.6 Å². The topological polar surface area (TPSA) is 41.6 Å². The molecule has 4 heteroatoms. The first-order valence-corrected chi connectivity index (χ1v) is 7.81. The first-order valence-electron chi connectivity index (χ1n) is 7.81. The molecule has 2 aromatic carbocycles. The van der Waals surface area contributed by atoms with Gasteiger partial charge in [0.25, 0.3) is 5.91 Å². The van der Waals surface area contributed by atoms with Crippen LogP contribution in [0.25, 0.3) is 0 Å². The first kappa shape index (κ1) is 16.9. The quantitative estimate of drug-likeness (QED) is 0.798. The minimum Gasteiger partial charge on any atom is -0.496 e. The number of anilines is 1. The summed E-state index contributed by atoms with van der Waals surface area (Å²) in [7, 11) is 3.67. The van der Waals surface area contributed by atoms with E-state index in [-0.39, 0.29) is 5.91 Å². The van der Waals surface area contributed by atoms with Gasteiger partial charge in [0, 0.05) is 31.4 Å². The first-order chi connectivity index (χ1) is 11.1. The summed E-state index contributed by atoms with van der Waals surface area (Å²) in [6.07, 6.45) is 0.889. The van der Waals surface area contributed by atoms with Gasteiger partial charge < -0.3 is 15.0 Å². The molecule has 1 N–H and O–H groups in total. The maximum atomic E-state index is 12.2. The summed E-state index contributed by atoms with van der Waals surface area (Å²) in [6.45, 7) is 3.49. The lowest BCUT2D eigenvalue weighted by Gasteiger charge is -2.19. The molecule has 0 aliphatic rings. The monoisotopic (exact) mass is 312 g/mol. The lowest BCUT2D eigenvalue weighted by Crippen LogP contribution is -2.28. The van der Waals surface area contributed by atoms with E-state index in [4.69, 9.17) is 4.74 Å². The van der Waals surface area contributed by atoms with Crippen LogP contribution in [0.15, 0.2) is 48.5 Å². The molecule has 0 bridgehead atoms. The van der Waals surface area contributed by atoms with Crippen molar-refractivity contribution in [3.05, 3.63) is 59.7 Å². The summed E-state index contributed by atoms with van der Waals surface area (Å²) in [5.41, 5.74) is 2.83. The summed E-state index contributed by atoms with van der Waals surface area (Å²) in [4.78, 5) is 14.3. The average Bonchev–Trinajstić information content (AvgIpc) is 2.59. The van der Waals surface area contributed by atoms with Gasteiger partial charge in [-0.05, 0) is 43.2 Å². The molecule has 23 heavy (non-hydrogen) atoms. The fourth-order valence-corrected chi connectivity index (χ4v) is 2.39. The highest BCUT2D eigenvalue weighted by Crippen LogP contribution is 2.18. The number of para-hydroxylation sites is 1. The van der Waals surface area contributed by atoms with Gasteiger partial charge in [-0.1, -0.05) is 24.3 Å². The Bertz CT molecular complexity index is 641. The molecule has 0 aliphatic carbocycles. The highest BCUT2D eigenvalue weighted by Gasteiger charge is 2.08. The van der Waals surface area contributed by atoms with Crippen molar-refractivity contribution in [1.82, 2.24) is 5.32 Å². The second-order valence-corrected chi connectivity index (χ2v) is 5.55. The number of methoxy groups -OCH3 is 1. The number of amides is 1. The van der Waals surface area contributed by atoms with Crippen molar-refractivity contribution in [3.8, 4) is 5.75 Å². The predicted molar refractivity (Wildman–Crippen MR) is 94.4 cm³/mol. The lowest BCUT2D eigenvalue weighted by molar-refractivity contribution is 0.0953. The standard InChI is InChI=1S/C19H24N2O2/c1-15-10-11-16(14-18(15)23-3)19(22)20-12-7-13-21(2)17-8-5-4-6-9-17/h4-6,8-11,14H,7,12-13H2,1-3H3,(H,20,22). The number of nitrogens with zero attached hydrogens (tertiary/aromatic N) is 1. The van der Waals surface area contributed by atoms with Crippen molar-refractivity contribution in [2.75, 3.05) is 32.1 Å². The fourth-order valence-electron chi connectivity index (χ4n) is 2.39. The van der Waals surface area contributed by atoms with Gasteiger partial charge >= 0.3 is 0 Å². The van der Waals surface area contributed by atoms with Gasteiger partial charge in [-0.15, -0.1) is 0 Å². The number of hydrogen-bond acceptors (Lipinski definition) is 3. The van der Waals surface area contributed by atoms with E-state index in [1.165, 1.54) is 5.69 Å². The second kappa shape index (κ2) is 8.22. The van der Waals surface area contributed by atoms with Crippen LogP contribution in [0, 0.1) is 6.92 Å². The Kier molecular flexibility index (Phi) is 6.03. The molecule has 1 amide bonds. The molecule has 122 valence electrons. The number of carbonyl (C=O) groups is 1. The van der Waals surface area contributed by atoms with E-state index in [0.29, 0.717) is 12.1 Å². The molecule has 0 saturated heterocycles. The normalized spacial score (nSPS) is 10.2. The maximum Gasteiger partial charge on any atom is 0.251 e. The Morgan fingerprint density at radius 3 is 2.61 bits per heavy atom. The van der Waals surface area contributed by atoms with Gasteiger partial charge in [-0.2, -0.15) is 0 Å². The molecule has 0 heterocycles. The lowest BCUT2D eigenvalue weighted by atomic mass is 10.1. The van der Waals surface area contributed by atoms with E-state index in [2.05, 4.69) is 29.4 Å². The Morgan fingerprint density at radius 2 is 1.91 bits per heavy atom. The zero-order chi connectivity index (χ0) is 16.7. The number of aryl methyl sites for hydroxylation is 1. The molecule has 0 spiro atoms. The van der Waals surface area contributed by atoms with E-state index in [0.717, 1.165) is 24.3 Å². The Labute approximate surface area is 138 Å². The summed E-state index contributed by atoms with van der Waals surface area (Å²) in [5.74, 6) is 0.673. The van der Waals surface area contributed by atoms with Crippen molar-refractivity contribution in [1.29, 1.82) is 0 Å². The number of carbonyl (C=O) groups excluding carboxylic acids is 1. The Morgan fingerprint density at radius 1 is 1.17 bits per heavy atom. The van der Waals surface area contributed by atoms with Crippen LogP contribution < -0.4 is 15.0 Å². The van der Waals surface area contributed by atoms with Crippen LogP contribution in [0.4, 0.5) is 5.69 Å². The van der Waals surface area contributed by atoms with E-state index < -0.39 is 0 Å². The van der Waals surface area contributed by atoms with Crippen molar-refractivity contribution in [2.45, 2.75) is 13.3 Å². The van der Waals surface area contributed by atoms with Crippen molar-refractivity contribution in [3.63, 3.8) is 0 Å². The van der Waals surface area contributed by atoms with Gasteiger partial charge in [0.2, 0.25) is 0 Å². The maximum absolute atomic E-state index is 12.2. The van der Waals surface area contributed by atoms with Gasteiger partial charge in [-0.3, -0.25) is 4.79 Å². The summed E-state index contributed by atoms with van der Waals surface area (Å²) >= 11 is 0. The molecular weight excluding hydrogens is 288 g/mol. The average molecular weight is 312 g/mol. The van der Waals surface area contributed by atoms with Crippen LogP contribution in [0.1, 0.15) is 22.3 Å². The zero-order valence-corrected chi connectivity index (χ0v) is 14.0. The van der Waals surface area contributed by atoms with Crippen molar-refractivity contribution in [2.24, 2.45) is 0 Å². The SMILES string of the molecule is COc1cc(C(=O)NCCCN(C)c2ccccc2)ccc1C. The third-order valence-corrected chi connectivity index (χ3v) is 3.82. The molecule has 0 unspecified atom stereocenters. The Balaban J connectivity index is 1.79. The van der Waals surface area contributed by atoms with Crippen LogP contribution in [0.2, 0.25) is 0 Å². The smallest absolute Gasteiger partial charge is 0.251 e. The van der Waals surface area contributed by atoms with E-state index >= 15 is 0 Å². The number of nitrogens with one attached hydrogen (secondary N) is 1. The van der Waals surface area contributed by atoms with Gasteiger partial charge in [0.1, 0.15) is 5.75 Å². The highest BCUT2D eigenvalue weighted by molar-refractivity contribution is 5.94. The van der Waals surface area contributed by atoms with Gasteiger partial charge in [0.15, 0.2) is 0 Å². The third kappa shape index (κ3) is 4.74. The molecule has 0 radical (unpaired) electrons. The van der Waals surface area contributed by atoms with Gasteiger partial charge in [0.05, 0.1) is 7.11 Å². The van der Waals surface area contributed by atoms with Crippen LogP contribution in [-0.4, -0.2) is 33.2 Å². The van der Waals surface area contributed by atoms with Crippen LogP contribution >= 0.6 is 0 Å². The molecule has 2 aromatic rings. The minimum atomic E-state index is -0.0642. The van der Waals surface area contributed by atoms with E-state index in [9.17, 15) is 4.79 Å². The molecule has 0 atom stereocenters. The highest BCUT2D eigenvalue weighted by atomic mass is 16.5. The largest absolute Gasteiger partial charge is 0.496 e. The summed E-state index contributed by atoms with van der Waals surface area (Å²) in [6, 6.07) is 15.7. The number of benzene rings is 2. The molecule has 4 nitrogen and oxygen atoms in total. The number of rotatable bonds is 7. The number of ether oxygens (including phenoxy) is 1. The van der Waals surface area contributed by atoms with Crippen LogP contribution in [-0.2, 0) is 0 Å². The summed E-state index contributed by atoms with van der Waals surface area (Å²) in [5, 5.41) is 2.96. The minimum absolute atomic E-state index is 0.0642. The van der Waals surface area contributed by atoms with Gasteiger partial charge in [-0.25, -0.2) is 0 Å². The van der Waals surface area contributed by atoms with Crippen LogP contribution in [0.5, 0.6) is 5.75 Å². The Hall–Kier alpha value is -2.49. The van der Waals surface area contributed by atoms with E-state index in [1.807, 2.05) is 37.3 Å². The zero-order valence-electron chi connectivity index (χ0n) is 14.0.